The first-order chi connectivity index (χ1) is 8.26. The Morgan fingerprint density at radius 3 is 2.88 bits per heavy atom. The largest absolute Gasteiger partial charge is 0.381 e. The molecule has 1 unspecified atom stereocenters. The Balaban J connectivity index is 2.35. The van der Waals surface area contributed by atoms with Gasteiger partial charge >= 0.3 is 0 Å². The maximum atomic E-state index is 5.56. The first-order valence-electron chi connectivity index (χ1n) is 6.04. The number of benzene rings is 1. The predicted octanol–water partition coefficient (Wildman–Crippen LogP) is 2.64. The van der Waals surface area contributed by atoms with Crippen molar-refractivity contribution in [3.8, 4) is 0 Å². The predicted molar refractivity (Wildman–Crippen MR) is 74.7 cm³/mol. The van der Waals surface area contributed by atoms with Gasteiger partial charge in [0, 0.05) is 23.7 Å². The van der Waals surface area contributed by atoms with Crippen LogP contribution in [-0.2, 0) is 11.2 Å². The topological polar surface area (TPSA) is 47.3 Å². The molecule has 3 nitrogen and oxygen atoms in total. The van der Waals surface area contributed by atoms with Crippen LogP contribution in [0.2, 0.25) is 0 Å². The maximum absolute atomic E-state index is 5.56. The van der Waals surface area contributed by atoms with E-state index in [0.29, 0.717) is 0 Å². The van der Waals surface area contributed by atoms with Crippen LogP contribution in [0.3, 0.4) is 0 Å². The Labute approximate surface area is 112 Å². The van der Waals surface area contributed by atoms with Crippen molar-refractivity contribution >= 4 is 15.9 Å². The first-order valence-corrected chi connectivity index (χ1v) is 6.84. The van der Waals surface area contributed by atoms with Gasteiger partial charge < -0.3 is 4.74 Å². The summed E-state index contributed by atoms with van der Waals surface area (Å²) in [7, 11) is 0. The van der Waals surface area contributed by atoms with Crippen LogP contribution in [0.5, 0.6) is 0 Å². The summed E-state index contributed by atoms with van der Waals surface area (Å²) in [5.74, 6) is 5.56. The molecule has 0 fully saturated rings. The molecule has 0 spiro atoms. The van der Waals surface area contributed by atoms with E-state index in [1.54, 1.807) is 0 Å². The van der Waals surface area contributed by atoms with Gasteiger partial charge in [0.05, 0.1) is 0 Å². The zero-order chi connectivity index (χ0) is 12.5. The minimum Gasteiger partial charge on any atom is -0.381 e. The third-order valence-corrected chi connectivity index (χ3v) is 3.06. The molecule has 1 atom stereocenters. The lowest BCUT2D eigenvalue weighted by Crippen LogP contribution is -2.37. The molecule has 0 aromatic heterocycles. The molecule has 0 aliphatic rings. The highest BCUT2D eigenvalue weighted by molar-refractivity contribution is 9.10. The number of hydrazine groups is 1. The van der Waals surface area contributed by atoms with Crippen LogP contribution in [0.25, 0.3) is 0 Å². The summed E-state index contributed by atoms with van der Waals surface area (Å²) >= 11 is 3.47. The van der Waals surface area contributed by atoms with Crippen molar-refractivity contribution in [3.05, 3.63) is 34.3 Å². The van der Waals surface area contributed by atoms with E-state index < -0.39 is 0 Å². The second-order valence-corrected chi connectivity index (χ2v) is 5.01. The number of nitrogens with two attached hydrogens (primary N) is 1. The van der Waals surface area contributed by atoms with E-state index in [9.17, 15) is 0 Å². The van der Waals surface area contributed by atoms with Gasteiger partial charge in [-0.15, -0.1) is 0 Å². The van der Waals surface area contributed by atoms with E-state index in [0.717, 1.165) is 36.9 Å². The highest BCUT2D eigenvalue weighted by atomic mass is 79.9. The molecule has 1 rings (SSSR count). The average molecular weight is 301 g/mol. The zero-order valence-corrected chi connectivity index (χ0v) is 11.9. The van der Waals surface area contributed by atoms with Crippen LogP contribution >= 0.6 is 15.9 Å². The summed E-state index contributed by atoms with van der Waals surface area (Å²) in [6, 6.07) is 8.57. The Hall–Kier alpha value is -0.420. The van der Waals surface area contributed by atoms with Crippen molar-refractivity contribution in [1.29, 1.82) is 0 Å². The second kappa shape index (κ2) is 8.64. The molecule has 0 radical (unpaired) electrons. The van der Waals surface area contributed by atoms with E-state index in [1.165, 1.54) is 5.56 Å². The van der Waals surface area contributed by atoms with Gasteiger partial charge in [0.2, 0.25) is 0 Å². The van der Waals surface area contributed by atoms with Gasteiger partial charge in [-0.05, 0) is 37.0 Å². The van der Waals surface area contributed by atoms with Crippen molar-refractivity contribution in [2.24, 2.45) is 5.84 Å². The molecule has 0 aliphatic heterocycles. The number of hydrogen-bond acceptors (Lipinski definition) is 3. The molecular formula is C13H21BrN2O. The van der Waals surface area contributed by atoms with Crippen molar-refractivity contribution in [1.82, 2.24) is 5.43 Å². The van der Waals surface area contributed by atoms with E-state index in [-0.39, 0.29) is 6.04 Å². The lowest BCUT2D eigenvalue weighted by Gasteiger charge is -2.16. The SMILES string of the molecule is CCCOCCC(Cc1cccc(Br)c1)NN. The Bertz CT molecular complexity index is 320. The van der Waals surface area contributed by atoms with Crippen LogP contribution < -0.4 is 11.3 Å². The van der Waals surface area contributed by atoms with E-state index >= 15 is 0 Å². The Morgan fingerprint density at radius 1 is 1.41 bits per heavy atom. The molecule has 0 saturated heterocycles. The zero-order valence-electron chi connectivity index (χ0n) is 10.3. The summed E-state index contributed by atoms with van der Waals surface area (Å²) in [5, 5.41) is 0. The maximum Gasteiger partial charge on any atom is 0.0481 e. The molecule has 0 amide bonds. The van der Waals surface area contributed by atoms with Crippen LogP contribution in [0.4, 0.5) is 0 Å². The van der Waals surface area contributed by atoms with E-state index in [2.05, 4.69) is 40.4 Å². The molecule has 17 heavy (non-hydrogen) atoms. The Morgan fingerprint density at radius 2 is 2.24 bits per heavy atom. The highest BCUT2D eigenvalue weighted by Gasteiger charge is 2.07. The highest BCUT2D eigenvalue weighted by Crippen LogP contribution is 2.13. The number of rotatable bonds is 8. The normalized spacial score (nSPS) is 12.6. The van der Waals surface area contributed by atoms with E-state index in [4.69, 9.17) is 10.6 Å². The molecule has 0 aliphatic carbocycles. The standard InChI is InChI=1S/C13H21BrN2O/c1-2-7-17-8-6-13(16-15)10-11-4-3-5-12(14)9-11/h3-5,9,13,16H,2,6-8,10,15H2,1H3. The number of nitrogens with one attached hydrogen (secondary N) is 1. The number of hydrogen-bond donors (Lipinski definition) is 2. The fourth-order valence-electron chi connectivity index (χ4n) is 1.66. The monoisotopic (exact) mass is 300 g/mol. The Kier molecular flexibility index (Phi) is 7.44. The van der Waals surface area contributed by atoms with Crippen molar-refractivity contribution in [3.63, 3.8) is 0 Å². The van der Waals surface area contributed by atoms with Crippen molar-refractivity contribution in [2.45, 2.75) is 32.2 Å². The first kappa shape index (κ1) is 14.6. The molecule has 0 saturated carbocycles. The summed E-state index contributed by atoms with van der Waals surface area (Å²) in [4.78, 5) is 0. The van der Waals surface area contributed by atoms with Gasteiger partial charge in [0.15, 0.2) is 0 Å². The molecule has 96 valence electrons. The fraction of sp³-hybridized carbons (Fsp3) is 0.538. The molecule has 4 heteroatoms. The average Bonchev–Trinajstić information content (AvgIpc) is 2.33. The summed E-state index contributed by atoms with van der Waals surface area (Å²) in [6.07, 6.45) is 2.92. The summed E-state index contributed by atoms with van der Waals surface area (Å²) in [5.41, 5.74) is 4.13. The van der Waals surface area contributed by atoms with E-state index in [1.807, 2.05) is 12.1 Å². The third kappa shape index (κ3) is 6.17. The molecule has 0 bridgehead atoms. The van der Waals surface area contributed by atoms with Gasteiger partial charge in [-0.2, -0.15) is 0 Å². The lowest BCUT2D eigenvalue weighted by atomic mass is 10.0. The second-order valence-electron chi connectivity index (χ2n) is 4.10. The lowest BCUT2D eigenvalue weighted by molar-refractivity contribution is 0.124. The molecule has 1 aromatic carbocycles. The van der Waals surface area contributed by atoms with Gasteiger partial charge in [-0.1, -0.05) is 35.0 Å². The van der Waals surface area contributed by atoms with Crippen molar-refractivity contribution in [2.75, 3.05) is 13.2 Å². The summed E-state index contributed by atoms with van der Waals surface area (Å²) < 4.78 is 6.58. The molecule has 3 N–H and O–H groups in total. The number of halogens is 1. The van der Waals surface area contributed by atoms with Gasteiger partial charge in [-0.3, -0.25) is 11.3 Å². The van der Waals surface area contributed by atoms with Crippen LogP contribution in [0.1, 0.15) is 25.3 Å². The van der Waals surface area contributed by atoms with Crippen molar-refractivity contribution < 1.29 is 4.74 Å². The van der Waals surface area contributed by atoms with Gasteiger partial charge in [-0.25, -0.2) is 0 Å². The summed E-state index contributed by atoms with van der Waals surface area (Å²) in [6.45, 7) is 3.70. The minimum atomic E-state index is 0.265. The van der Waals surface area contributed by atoms with Crippen LogP contribution in [-0.4, -0.2) is 19.3 Å². The number of ether oxygens (including phenoxy) is 1. The van der Waals surface area contributed by atoms with Crippen LogP contribution in [0, 0.1) is 0 Å². The smallest absolute Gasteiger partial charge is 0.0481 e. The van der Waals surface area contributed by atoms with Gasteiger partial charge in [0.1, 0.15) is 0 Å². The molecule has 0 heterocycles. The third-order valence-electron chi connectivity index (χ3n) is 2.57. The quantitative estimate of drug-likeness (QED) is 0.441. The molecular weight excluding hydrogens is 280 g/mol. The molecule has 1 aromatic rings. The minimum absolute atomic E-state index is 0.265. The fourth-order valence-corrected chi connectivity index (χ4v) is 2.11. The van der Waals surface area contributed by atoms with Crippen LogP contribution in [0.15, 0.2) is 28.7 Å². The van der Waals surface area contributed by atoms with Gasteiger partial charge in [0.25, 0.3) is 0 Å².